The van der Waals surface area contributed by atoms with Crippen molar-refractivity contribution >= 4 is 27.3 Å². The summed E-state index contributed by atoms with van der Waals surface area (Å²) in [5.41, 5.74) is 0.246. The molecule has 29 heavy (non-hydrogen) atoms. The highest BCUT2D eigenvalue weighted by atomic mass is 32.2. The minimum Gasteiger partial charge on any atom is -0.394 e. The molecule has 2 aromatic carbocycles. The molecule has 0 aliphatic heterocycles. The summed E-state index contributed by atoms with van der Waals surface area (Å²) in [6, 6.07) is 9.84. The quantitative estimate of drug-likeness (QED) is 0.441. The van der Waals surface area contributed by atoms with E-state index in [9.17, 15) is 28.4 Å². The molecule has 0 heterocycles. The number of nitrogens with zero attached hydrogens (tertiary/aromatic N) is 1. The Morgan fingerprint density at radius 2 is 1.79 bits per heavy atom. The van der Waals surface area contributed by atoms with Gasteiger partial charge in [-0.15, -0.1) is 0 Å². The number of benzene rings is 2. The van der Waals surface area contributed by atoms with E-state index in [0.29, 0.717) is 11.1 Å². The molecule has 0 unspecified atom stereocenters. The number of non-ortho nitro benzene ring substituents is 1. The number of amides is 1. The Bertz CT molecular complexity index is 1020. The Labute approximate surface area is 169 Å². The molecule has 156 valence electrons. The van der Waals surface area contributed by atoms with E-state index in [-0.39, 0.29) is 35.2 Å². The van der Waals surface area contributed by atoms with Gasteiger partial charge in [0.25, 0.3) is 15.7 Å². The predicted molar refractivity (Wildman–Crippen MR) is 108 cm³/mol. The number of aryl methyl sites for hydroxylation is 1. The lowest BCUT2D eigenvalue weighted by molar-refractivity contribution is -0.385. The molecule has 3 N–H and O–H groups in total. The molecular weight excluding hydrogens is 398 g/mol. The van der Waals surface area contributed by atoms with Crippen molar-refractivity contribution in [2.75, 3.05) is 11.3 Å². The van der Waals surface area contributed by atoms with E-state index in [2.05, 4.69) is 10.0 Å². The van der Waals surface area contributed by atoms with Crippen LogP contribution in [0.15, 0.2) is 47.4 Å². The predicted octanol–water partition coefficient (Wildman–Crippen LogP) is 2.13. The zero-order valence-electron chi connectivity index (χ0n) is 16.3. The van der Waals surface area contributed by atoms with E-state index in [4.69, 9.17) is 0 Å². The van der Waals surface area contributed by atoms with Crippen LogP contribution < -0.4 is 10.0 Å². The number of sulfonamides is 1. The molecule has 0 spiro atoms. The van der Waals surface area contributed by atoms with E-state index >= 15 is 0 Å². The van der Waals surface area contributed by atoms with E-state index in [1.807, 2.05) is 0 Å². The minimum atomic E-state index is -4.02. The fourth-order valence-corrected chi connectivity index (χ4v) is 3.86. The maximum atomic E-state index is 12.6. The highest BCUT2D eigenvalue weighted by Crippen LogP contribution is 2.24. The van der Waals surface area contributed by atoms with Crippen molar-refractivity contribution in [2.24, 2.45) is 0 Å². The lowest BCUT2D eigenvalue weighted by Gasteiger charge is -2.23. The molecular formula is C19H23N3O6S. The van der Waals surface area contributed by atoms with Gasteiger partial charge in [-0.25, -0.2) is 8.42 Å². The second-order valence-electron chi connectivity index (χ2n) is 7.28. The van der Waals surface area contributed by atoms with Crippen molar-refractivity contribution in [3.8, 4) is 0 Å². The number of hydrogen-bond acceptors (Lipinski definition) is 6. The largest absolute Gasteiger partial charge is 0.394 e. The van der Waals surface area contributed by atoms with Crippen LogP contribution in [0.1, 0.15) is 25.0 Å². The van der Waals surface area contributed by atoms with Crippen LogP contribution in [0.4, 0.5) is 11.4 Å². The van der Waals surface area contributed by atoms with Crippen LogP contribution in [0, 0.1) is 17.0 Å². The third-order valence-electron chi connectivity index (χ3n) is 4.12. The Morgan fingerprint density at radius 3 is 2.34 bits per heavy atom. The number of nitro benzene ring substituents is 1. The van der Waals surface area contributed by atoms with Crippen LogP contribution in [-0.4, -0.2) is 36.5 Å². The summed E-state index contributed by atoms with van der Waals surface area (Å²) in [6.45, 7) is 4.74. The molecule has 0 saturated heterocycles. The van der Waals surface area contributed by atoms with Crippen molar-refractivity contribution in [1.82, 2.24) is 5.32 Å². The van der Waals surface area contributed by atoms with E-state index in [1.54, 1.807) is 32.9 Å². The number of carbonyl (C=O) groups is 1. The highest BCUT2D eigenvalue weighted by Gasteiger charge is 2.21. The first kappa shape index (κ1) is 22.3. The van der Waals surface area contributed by atoms with Gasteiger partial charge in [0, 0.05) is 17.8 Å². The number of nitrogens with one attached hydrogen (secondary N) is 2. The molecule has 0 atom stereocenters. The van der Waals surface area contributed by atoms with Crippen LogP contribution in [0.3, 0.4) is 0 Å². The van der Waals surface area contributed by atoms with Crippen molar-refractivity contribution in [3.63, 3.8) is 0 Å². The summed E-state index contributed by atoms with van der Waals surface area (Å²) < 4.78 is 27.6. The molecule has 0 bridgehead atoms. The van der Waals surface area contributed by atoms with Gasteiger partial charge in [0.15, 0.2) is 0 Å². The Morgan fingerprint density at radius 1 is 1.17 bits per heavy atom. The van der Waals surface area contributed by atoms with Crippen LogP contribution >= 0.6 is 0 Å². The summed E-state index contributed by atoms with van der Waals surface area (Å²) in [6.07, 6.45) is 0.0699. The zero-order valence-corrected chi connectivity index (χ0v) is 17.1. The number of nitro groups is 1. The van der Waals surface area contributed by atoms with Crippen molar-refractivity contribution in [3.05, 3.63) is 63.7 Å². The standard InChI is InChI=1S/C19H23N3O6S/c1-13-4-9-16(22(25)26)11-17(13)29(27,28)21-15-7-5-14(6-8-15)10-18(24)20-19(2,3)12-23/h4-9,11,21,23H,10,12H2,1-3H3,(H,20,24). The second kappa shape index (κ2) is 8.58. The average molecular weight is 421 g/mol. The normalized spacial score (nSPS) is 11.7. The van der Waals surface area contributed by atoms with E-state index in [0.717, 1.165) is 6.07 Å². The van der Waals surface area contributed by atoms with Gasteiger partial charge in [0.2, 0.25) is 5.91 Å². The number of anilines is 1. The summed E-state index contributed by atoms with van der Waals surface area (Å²) in [7, 11) is -4.02. The SMILES string of the molecule is Cc1ccc([N+](=O)[O-])cc1S(=O)(=O)Nc1ccc(CC(=O)NC(C)(C)CO)cc1. The molecule has 0 aliphatic rings. The number of carbonyl (C=O) groups excluding carboxylic acids is 1. The Hall–Kier alpha value is -2.98. The number of aliphatic hydroxyl groups is 1. The molecule has 2 rings (SSSR count). The summed E-state index contributed by atoms with van der Waals surface area (Å²) in [4.78, 5) is 22.1. The third-order valence-corrected chi connectivity index (χ3v) is 5.64. The van der Waals surface area contributed by atoms with Gasteiger partial charge in [0.1, 0.15) is 0 Å². The monoisotopic (exact) mass is 421 g/mol. The zero-order chi connectivity index (χ0) is 21.8. The van der Waals surface area contributed by atoms with Gasteiger partial charge >= 0.3 is 0 Å². The first-order valence-electron chi connectivity index (χ1n) is 8.72. The topological polar surface area (TPSA) is 139 Å². The first-order chi connectivity index (χ1) is 13.4. The van der Waals surface area contributed by atoms with Gasteiger partial charge in [-0.3, -0.25) is 19.6 Å². The number of hydrogen-bond donors (Lipinski definition) is 3. The van der Waals surface area contributed by atoms with Gasteiger partial charge in [0.05, 0.1) is 28.4 Å². The molecule has 0 aliphatic carbocycles. The average Bonchev–Trinajstić information content (AvgIpc) is 2.62. The molecule has 9 nitrogen and oxygen atoms in total. The molecule has 0 saturated carbocycles. The first-order valence-corrected chi connectivity index (χ1v) is 10.2. The lowest BCUT2D eigenvalue weighted by atomic mass is 10.1. The maximum absolute atomic E-state index is 12.6. The fraction of sp³-hybridized carbons (Fsp3) is 0.316. The maximum Gasteiger partial charge on any atom is 0.270 e. The van der Waals surface area contributed by atoms with E-state index in [1.165, 1.54) is 24.3 Å². The summed E-state index contributed by atoms with van der Waals surface area (Å²) in [5, 5.41) is 22.8. The Kier molecular flexibility index (Phi) is 6.60. The van der Waals surface area contributed by atoms with Gasteiger partial charge in [-0.1, -0.05) is 18.2 Å². The smallest absolute Gasteiger partial charge is 0.270 e. The van der Waals surface area contributed by atoms with Gasteiger partial charge in [-0.05, 0) is 44.0 Å². The number of rotatable bonds is 8. The molecule has 0 fully saturated rings. The van der Waals surface area contributed by atoms with E-state index < -0.39 is 20.5 Å². The number of aliphatic hydroxyl groups excluding tert-OH is 1. The minimum absolute atomic E-state index is 0.0699. The van der Waals surface area contributed by atoms with Crippen LogP contribution in [0.25, 0.3) is 0 Å². The van der Waals surface area contributed by atoms with Crippen LogP contribution in [0.2, 0.25) is 0 Å². The van der Waals surface area contributed by atoms with Crippen LogP contribution in [-0.2, 0) is 21.2 Å². The molecule has 2 aromatic rings. The highest BCUT2D eigenvalue weighted by molar-refractivity contribution is 7.92. The van der Waals surface area contributed by atoms with Crippen molar-refractivity contribution < 1.29 is 23.2 Å². The summed E-state index contributed by atoms with van der Waals surface area (Å²) in [5.74, 6) is -0.274. The molecule has 1 amide bonds. The van der Waals surface area contributed by atoms with Crippen LogP contribution in [0.5, 0.6) is 0 Å². The summed E-state index contributed by atoms with van der Waals surface area (Å²) >= 11 is 0. The third kappa shape index (κ3) is 6.00. The second-order valence-corrected chi connectivity index (χ2v) is 8.93. The van der Waals surface area contributed by atoms with Gasteiger partial charge < -0.3 is 10.4 Å². The molecule has 0 radical (unpaired) electrons. The van der Waals surface area contributed by atoms with Gasteiger partial charge in [-0.2, -0.15) is 0 Å². The van der Waals surface area contributed by atoms with Crippen molar-refractivity contribution in [2.45, 2.75) is 37.6 Å². The lowest BCUT2D eigenvalue weighted by Crippen LogP contribution is -2.46. The fourth-order valence-electron chi connectivity index (χ4n) is 2.54. The molecule has 0 aromatic heterocycles. The van der Waals surface area contributed by atoms with Crippen molar-refractivity contribution in [1.29, 1.82) is 0 Å². The Balaban J connectivity index is 2.14. The molecule has 10 heteroatoms.